The quantitative estimate of drug-likeness (QED) is 0.728. The first kappa shape index (κ1) is 13.7. The van der Waals surface area contributed by atoms with Gasteiger partial charge in [-0.3, -0.25) is 4.79 Å². The van der Waals surface area contributed by atoms with E-state index in [0.29, 0.717) is 15.0 Å². The topological polar surface area (TPSA) is 29.1 Å². The molecular weight excluding hydrogens is 292 g/mol. The molecule has 2 aromatic carbocycles. The third-order valence-corrected chi connectivity index (χ3v) is 4.20. The first-order valence-electron chi connectivity index (χ1n) is 6.30. The second kappa shape index (κ2) is 5.26. The molecule has 0 radical (unpaired) electrons. The fraction of sp³-hybridized carbons (Fsp3) is 0.0625. The van der Waals surface area contributed by atoms with Gasteiger partial charge in [0, 0.05) is 10.1 Å². The molecule has 0 saturated carbocycles. The maximum atomic E-state index is 13.7. The van der Waals surface area contributed by atoms with Crippen molar-refractivity contribution in [2.75, 3.05) is 5.32 Å². The summed E-state index contributed by atoms with van der Waals surface area (Å²) >= 11 is 1.17. The molecular formula is C16H11F2NOS. The molecule has 0 aliphatic carbocycles. The van der Waals surface area contributed by atoms with Gasteiger partial charge in [0.2, 0.25) is 0 Å². The van der Waals surface area contributed by atoms with Crippen LogP contribution in [0, 0.1) is 18.6 Å². The van der Waals surface area contributed by atoms with Crippen molar-refractivity contribution >= 4 is 33.0 Å². The van der Waals surface area contributed by atoms with Crippen molar-refractivity contribution in [2.45, 2.75) is 6.92 Å². The number of halogens is 2. The Hall–Kier alpha value is -2.27. The van der Waals surface area contributed by atoms with Gasteiger partial charge in [-0.05, 0) is 42.8 Å². The molecule has 0 aliphatic heterocycles. The van der Waals surface area contributed by atoms with Crippen molar-refractivity contribution in [2.24, 2.45) is 0 Å². The minimum Gasteiger partial charge on any atom is -0.319 e. The molecule has 2 nitrogen and oxygen atoms in total. The molecule has 0 spiro atoms. The zero-order chi connectivity index (χ0) is 15.0. The summed E-state index contributed by atoms with van der Waals surface area (Å²) in [6.45, 7) is 1.77. The Labute approximate surface area is 124 Å². The molecule has 1 heterocycles. The molecule has 0 unspecified atom stereocenters. The lowest BCUT2D eigenvalue weighted by atomic mass is 10.2. The van der Waals surface area contributed by atoms with Gasteiger partial charge in [0.05, 0.1) is 10.6 Å². The van der Waals surface area contributed by atoms with Gasteiger partial charge in [-0.2, -0.15) is 0 Å². The third-order valence-electron chi connectivity index (χ3n) is 3.10. The number of amides is 1. The number of rotatable bonds is 2. The van der Waals surface area contributed by atoms with Crippen LogP contribution >= 0.6 is 11.3 Å². The van der Waals surface area contributed by atoms with Crippen LogP contribution in [0.15, 0.2) is 42.5 Å². The van der Waals surface area contributed by atoms with E-state index in [9.17, 15) is 13.6 Å². The minimum absolute atomic E-state index is 0.114. The van der Waals surface area contributed by atoms with Crippen molar-refractivity contribution in [1.82, 2.24) is 0 Å². The zero-order valence-electron chi connectivity index (χ0n) is 11.1. The predicted octanol–water partition coefficient (Wildman–Crippen LogP) is 4.74. The highest BCUT2D eigenvalue weighted by Gasteiger charge is 2.14. The van der Waals surface area contributed by atoms with E-state index in [1.165, 1.54) is 35.6 Å². The van der Waals surface area contributed by atoms with E-state index in [-0.39, 0.29) is 11.5 Å². The Morgan fingerprint density at radius 1 is 1.10 bits per heavy atom. The fourth-order valence-electron chi connectivity index (χ4n) is 2.04. The highest BCUT2D eigenvalue weighted by atomic mass is 32.1. The number of benzene rings is 2. The van der Waals surface area contributed by atoms with E-state index < -0.39 is 11.7 Å². The molecule has 1 amide bonds. The van der Waals surface area contributed by atoms with Crippen LogP contribution in [0.4, 0.5) is 14.5 Å². The largest absolute Gasteiger partial charge is 0.319 e. The van der Waals surface area contributed by atoms with E-state index in [2.05, 4.69) is 5.32 Å². The van der Waals surface area contributed by atoms with Crippen LogP contribution in [0.25, 0.3) is 10.1 Å². The molecule has 0 fully saturated rings. The first-order chi connectivity index (χ1) is 10.0. The number of hydrogen-bond donors (Lipinski definition) is 1. The second-order valence-corrected chi connectivity index (χ2v) is 5.78. The van der Waals surface area contributed by atoms with E-state index >= 15 is 0 Å². The molecule has 3 aromatic rings. The summed E-state index contributed by atoms with van der Waals surface area (Å²) in [5, 5.41) is 2.91. The fourth-order valence-corrected chi connectivity index (χ4v) is 3.01. The van der Waals surface area contributed by atoms with Gasteiger partial charge in [0.15, 0.2) is 0 Å². The lowest BCUT2D eigenvalue weighted by molar-refractivity contribution is 0.103. The van der Waals surface area contributed by atoms with Crippen molar-refractivity contribution in [3.63, 3.8) is 0 Å². The van der Waals surface area contributed by atoms with Gasteiger partial charge in [0.25, 0.3) is 5.91 Å². The Morgan fingerprint density at radius 2 is 1.90 bits per heavy atom. The molecule has 3 rings (SSSR count). The normalized spacial score (nSPS) is 10.8. The van der Waals surface area contributed by atoms with E-state index in [1.54, 1.807) is 25.1 Å². The predicted molar refractivity (Wildman–Crippen MR) is 80.9 cm³/mol. The average molecular weight is 303 g/mol. The lowest BCUT2D eigenvalue weighted by Gasteiger charge is -2.05. The molecule has 0 bridgehead atoms. The Balaban J connectivity index is 1.92. The van der Waals surface area contributed by atoms with Crippen LogP contribution in [0.3, 0.4) is 0 Å². The second-order valence-electron chi connectivity index (χ2n) is 4.70. The Kier molecular flexibility index (Phi) is 3.43. The summed E-state index contributed by atoms with van der Waals surface area (Å²) in [4.78, 5) is 12.5. The Morgan fingerprint density at radius 3 is 2.62 bits per heavy atom. The third kappa shape index (κ3) is 2.64. The van der Waals surface area contributed by atoms with Crippen LogP contribution < -0.4 is 5.32 Å². The van der Waals surface area contributed by atoms with Crippen molar-refractivity contribution in [3.05, 3.63) is 64.5 Å². The van der Waals surface area contributed by atoms with Crippen molar-refractivity contribution < 1.29 is 13.6 Å². The van der Waals surface area contributed by atoms with Gasteiger partial charge in [0.1, 0.15) is 11.6 Å². The lowest BCUT2D eigenvalue weighted by Crippen LogP contribution is -2.11. The minimum atomic E-state index is -0.490. The van der Waals surface area contributed by atoms with Crippen LogP contribution in [0.1, 0.15) is 15.2 Å². The summed E-state index contributed by atoms with van der Waals surface area (Å²) in [6.07, 6.45) is 0. The highest BCUT2D eigenvalue weighted by Crippen LogP contribution is 2.28. The maximum absolute atomic E-state index is 13.7. The van der Waals surface area contributed by atoms with Gasteiger partial charge >= 0.3 is 0 Å². The SMILES string of the molecule is Cc1ccc(NC(=O)c2cc3c(F)cccc3s2)c(F)c1. The number of aryl methyl sites for hydroxylation is 1. The molecule has 0 atom stereocenters. The van der Waals surface area contributed by atoms with Crippen LogP contribution in [-0.4, -0.2) is 5.91 Å². The van der Waals surface area contributed by atoms with Gasteiger partial charge in [-0.15, -0.1) is 11.3 Å². The highest BCUT2D eigenvalue weighted by molar-refractivity contribution is 7.20. The van der Waals surface area contributed by atoms with Gasteiger partial charge in [-0.1, -0.05) is 12.1 Å². The molecule has 1 aromatic heterocycles. The zero-order valence-corrected chi connectivity index (χ0v) is 11.9. The summed E-state index contributed by atoms with van der Waals surface area (Å²) in [5.74, 6) is -1.31. The van der Waals surface area contributed by atoms with Crippen LogP contribution in [0.5, 0.6) is 0 Å². The van der Waals surface area contributed by atoms with Gasteiger partial charge < -0.3 is 5.32 Å². The number of fused-ring (bicyclic) bond motifs is 1. The summed E-state index contributed by atoms with van der Waals surface area (Å²) < 4.78 is 28.0. The smallest absolute Gasteiger partial charge is 0.265 e. The molecule has 5 heteroatoms. The molecule has 1 N–H and O–H groups in total. The van der Waals surface area contributed by atoms with E-state index in [1.807, 2.05) is 0 Å². The van der Waals surface area contributed by atoms with Crippen molar-refractivity contribution in [3.8, 4) is 0 Å². The molecule has 0 aliphatic rings. The maximum Gasteiger partial charge on any atom is 0.265 e. The number of hydrogen-bond acceptors (Lipinski definition) is 2. The Bertz CT molecular complexity index is 841. The van der Waals surface area contributed by atoms with Crippen LogP contribution in [0.2, 0.25) is 0 Å². The van der Waals surface area contributed by atoms with Gasteiger partial charge in [-0.25, -0.2) is 8.78 Å². The number of carbonyl (C=O) groups excluding carboxylic acids is 1. The summed E-state index contributed by atoms with van der Waals surface area (Å²) in [6, 6.07) is 10.7. The standard InChI is InChI=1S/C16H11F2NOS/c1-9-5-6-13(12(18)7-9)19-16(20)15-8-10-11(17)3-2-4-14(10)21-15/h2-8H,1H3,(H,19,20). The number of anilines is 1. The first-order valence-corrected chi connectivity index (χ1v) is 7.12. The number of carbonyl (C=O) groups is 1. The summed E-state index contributed by atoms with van der Waals surface area (Å²) in [7, 11) is 0. The molecule has 106 valence electrons. The molecule has 21 heavy (non-hydrogen) atoms. The summed E-state index contributed by atoms with van der Waals surface area (Å²) in [5.41, 5.74) is 0.887. The molecule has 0 saturated heterocycles. The van der Waals surface area contributed by atoms with Crippen LogP contribution in [-0.2, 0) is 0 Å². The van der Waals surface area contributed by atoms with Crippen molar-refractivity contribution in [1.29, 1.82) is 0 Å². The average Bonchev–Trinajstić information content (AvgIpc) is 2.87. The van der Waals surface area contributed by atoms with E-state index in [0.717, 1.165) is 5.56 Å². The van der Waals surface area contributed by atoms with E-state index in [4.69, 9.17) is 0 Å². The number of nitrogens with one attached hydrogen (secondary N) is 1. The monoisotopic (exact) mass is 303 g/mol. The number of thiophene rings is 1.